The van der Waals surface area contributed by atoms with Gasteiger partial charge in [0, 0.05) is 12.6 Å². The fourth-order valence-corrected chi connectivity index (χ4v) is 3.09. The summed E-state index contributed by atoms with van der Waals surface area (Å²) in [6, 6.07) is 10.2. The van der Waals surface area contributed by atoms with E-state index in [1.54, 1.807) is 0 Å². The van der Waals surface area contributed by atoms with Crippen LogP contribution in [0.15, 0.2) is 53.4 Å². The van der Waals surface area contributed by atoms with Gasteiger partial charge in [0.15, 0.2) is 5.78 Å². The highest BCUT2D eigenvalue weighted by Gasteiger charge is 2.24. The number of esters is 1. The molecule has 0 N–H and O–H groups in total. The highest BCUT2D eigenvalue weighted by Crippen LogP contribution is 2.16. The van der Waals surface area contributed by atoms with Gasteiger partial charge in [-0.05, 0) is 43.3 Å². The minimum Gasteiger partial charge on any atom is -0.426 e. The van der Waals surface area contributed by atoms with E-state index >= 15 is 0 Å². The van der Waals surface area contributed by atoms with Crippen LogP contribution in [0, 0.1) is 5.82 Å². The standard InChI is InChI=1S/C17H16FNO5S/c1-12(20)13-3-9-16(10-4-13)25(22,23)19(2)11-17(21)24-15-7-5-14(18)6-8-15/h3-10H,11H2,1-2H3. The largest absolute Gasteiger partial charge is 0.426 e. The third-order valence-corrected chi connectivity index (χ3v) is 5.18. The van der Waals surface area contributed by atoms with Gasteiger partial charge in [0.2, 0.25) is 10.0 Å². The average molecular weight is 365 g/mol. The Morgan fingerprint density at radius 3 is 2.12 bits per heavy atom. The number of sulfonamides is 1. The van der Waals surface area contributed by atoms with Crippen LogP contribution in [0.2, 0.25) is 0 Å². The number of carbonyl (C=O) groups excluding carboxylic acids is 2. The van der Waals surface area contributed by atoms with Crippen LogP contribution in [0.1, 0.15) is 17.3 Å². The maximum atomic E-state index is 12.8. The van der Waals surface area contributed by atoms with Crippen molar-refractivity contribution in [2.75, 3.05) is 13.6 Å². The van der Waals surface area contributed by atoms with E-state index in [9.17, 15) is 22.4 Å². The Kier molecular flexibility index (Phi) is 5.66. The van der Waals surface area contributed by atoms with Crippen LogP contribution in [-0.4, -0.2) is 38.1 Å². The van der Waals surface area contributed by atoms with Crippen molar-refractivity contribution in [1.29, 1.82) is 0 Å². The van der Waals surface area contributed by atoms with Crippen molar-refractivity contribution < 1.29 is 27.1 Å². The first-order chi connectivity index (χ1) is 11.7. The van der Waals surface area contributed by atoms with Gasteiger partial charge >= 0.3 is 5.97 Å². The Balaban J connectivity index is 2.07. The molecule has 8 heteroatoms. The van der Waals surface area contributed by atoms with Gasteiger partial charge in [-0.3, -0.25) is 9.59 Å². The molecule has 0 heterocycles. The predicted molar refractivity (Wildman–Crippen MR) is 88.3 cm³/mol. The molecule has 0 saturated carbocycles. The molecular formula is C17H16FNO5S. The molecule has 0 bridgehead atoms. The molecule has 0 fully saturated rings. The number of rotatable bonds is 6. The lowest BCUT2D eigenvalue weighted by molar-refractivity contribution is -0.134. The second-order valence-corrected chi connectivity index (χ2v) is 7.31. The molecule has 2 aromatic rings. The van der Waals surface area contributed by atoms with E-state index in [0.29, 0.717) is 5.56 Å². The smallest absolute Gasteiger partial charge is 0.326 e. The van der Waals surface area contributed by atoms with Gasteiger partial charge in [-0.2, -0.15) is 4.31 Å². The maximum absolute atomic E-state index is 12.8. The topological polar surface area (TPSA) is 80.8 Å². The second-order valence-electron chi connectivity index (χ2n) is 5.27. The van der Waals surface area contributed by atoms with Crippen LogP contribution in [0.3, 0.4) is 0 Å². The normalized spacial score (nSPS) is 11.4. The maximum Gasteiger partial charge on any atom is 0.326 e. The zero-order valence-corrected chi connectivity index (χ0v) is 14.4. The molecule has 25 heavy (non-hydrogen) atoms. The fraction of sp³-hybridized carbons (Fsp3) is 0.176. The zero-order valence-electron chi connectivity index (χ0n) is 13.6. The molecule has 132 valence electrons. The Hall–Kier alpha value is -2.58. The lowest BCUT2D eigenvalue weighted by Gasteiger charge is -2.16. The second kappa shape index (κ2) is 7.54. The number of halogens is 1. The number of ketones is 1. The third-order valence-electron chi connectivity index (χ3n) is 3.37. The Labute approximate surface area is 144 Å². The molecule has 0 radical (unpaired) electrons. The van der Waals surface area contributed by atoms with Crippen LogP contribution < -0.4 is 4.74 Å². The molecule has 2 aromatic carbocycles. The Morgan fingerprint density at radius 2 is 1.60 bits per heavy atom. The summed E-state index contributed by atoms with van der Waals surface area (Å²) in [5.41, 5.74) is 0.386. The van der Waals surface area contributed by atoms with Gasteiger partial charge in [-0.15, -0.1) is 0 Å². The summed E-state index contributed by atoms with van der Waals surface area (Å²) in [6.07, 6.45) is 0. The summed E-state index contributed by atoms with van der Waals surface area (Å²) >= 11 is 0. The number of carbonyl (C=O) groups is 2. The number of benzene rings is 2. The number of Topliss-reactive ketones (excluding diaryl/α,β-unsaturated/α-hetero) is 1. The van der Waals surface area contributed by atoms with Gasteiger partial charge in [0.05, 0.1) is 4.90 Å². The SMILES string of the molecule is CC(=O)c1ccc(S(=O)(=O)N(C)CC(=O)Oc2ccc(F)cc2)cc1. The number of hydrogen-bond donors (Lipinski definition) is 0. The molecule has 2 rings (SSSR count). The minimum absolute atomic E-state index is 0.0467. The first-order valence-electron chi connectivity index (χ1n) is 7.24. The van der Waals surface area contributed by atoms with E-state index < -0.39 is 28.4 Å². The molecule has 0 aliphatic carbocycles. The van der Waals surface area contributed by atoms with E-state index in [0.717, 1.165) is 16.4 Å². The lowest BCUT2D eigenvalue weighted by atomic mass is 10.2. The van der Waals surface area contributed by atoms with E-state index in [2.05, 4.69) is 0 Å². The van der Waals surface area contributed by atoms with Crippen molar-refractivity contribution in [2.24, 2.45) is 0 Å². The summed E-state index contributed by atoms with van der Waals surface area (Å²) in [4.78, 5) is 23.1. The lowest BCUT2D eigenvalue weighted by Crippen LogP contribution is -2.34. The van der Waals surface area contributed by atoms with E-state index in [-0.39, 0.29) is 16.4 Å². The molecule has 0 unspecified atom stereocenters. The molecule has 0 atom stereocenters. The van der Waals surface area contributed by atoms with Crippen LogP contribution in [-0.2, 0) is 14.8 Å². The van der Waals surface area contributed by atoms with Gasteiger partial charge in [-0.1, -0.05) is 12.1 Å². The predicted octanol–water partition coefficient (Wildman–Crippen LogP) is 2.25. The number of hydrogen-bond acceptors (Lipinski definition) is 5. The van der Waals surface area contributed by atoms with Crippen molar-refractivity contribution in [1.82, 2.24) is 4.31 Å². The first kappa shape index (κ1) is 18.8. The van der Waals surface area contributed by atoms with Crippen LogP contribution in [0.5, 0.6) is 5.75 Å². The van der Waals surface area contributed by atoms with Crippen molar-refractivity contribution in [2.45, 2.75) is 11.8 Å². The van der Waals surface area contributed by atoms with Gasteiger partial charge in [0.25, 0.3) is 0 Å². The van der Waals surface area contributed by atoms with Crippen molar-refractivity contribution in [3.63, 3.8) is 0 Å². The summed E-state index contributed by atoms with van der Waals surface area (Å²) in [7, 11) is -2.68. The van der Waals surface area contributed by atoms with Crippen molar-refractivity contribution in [3.05, 3.63) is 59.9 Å². The minimum atomic E-state index is -3.91. The van der Waals surface area contributed by atoms with Crippen LogP contribution >= 0.6 is 0 Å². The summed E-state index contributed by atoms with van der Waals surface area (Å²) in [5, 5.41) is 0. The average Bonchev–Trinajstić information content (AvgIpc) is 2.57. The van der Waals surface area contributed by atoms with Gasteiger partial charge in [-0.25, -0.2) is 12.8 Å². The Morgan fingerprint density at radius 1 is 1.04 bits per heavy atom. The number of likely N-dealkylation sites (N-methyl/N-ethyl adjacent to an activating group) is 1. The molecule has 6 nitrogen and oxygen atoms in total. The third kappa shape index (κ3) is 4.71. The Bertz CT molecular complexity index is 876. The molecular weight excluding hydrogens is 349 g/mol. The number of nitrogens with zero attached hydrogens (tertiary/aromatic N) is 1. The molecule has 0 spiro atoms. The first-order valence-corrected chi connectivity index (χ1v) is 8.68. The van der Waals surface area contributed by atoms with Crippen LogP contribution in [0.25, 0.3) is 0 Å². The van der Waals surface area contributed by atoms with Crippen LogP contribution in [0.4, 0.5) is 4.39 Å². The van der Waals surface area contributed by atoms with E-state index in [4.69, 9.17) is 4.74 Å². The fourth-order valence-electron chi connectivity index (χ4n) is 1.97. The molecule has 0 saturated heterocycles. The molecule has 0 aliphatic rings. The highest BCUT2D eigenvalue weighted by molar-refractivity contribution is 7.89. The van der Waals surface area contributed by atoms with Crippen molar-refractivity contribution >= 4 is 21.8 Å². The number of ether oxygens (including phenoxy) is 1. The van der Waals surface area contributed by atoms with E-state index in [1.807, 2.05) is 0 Å². The monoisotopic (exact) mass is 365 g/mol. The summed E-state index contributed by atoms with van der Waals surface area (Å²) in [6.45, 7) is 0.856. The zero-order chi connectivity index (χ0) is 18.6. The van der Waals surface area contributed by atoms with Crippen molar-refractivity contribution in [3.8, 4) is 5.75 Å². The summed E-state index contributed by atoms with van der Waals surface area (Å²) < 4.78 is 43.5. The highest BCUT2D eigenvalue weighted by atomic mass is 32.2. The molecule has 0 amide bonds. The quantitative estimate of drug-likeness (QED) is 0.446. The van der Waals surface area contributed by atoms with E-state index in [1.165, 1.54) is 50.4 Å². The summed E-state index contributed by atoms with van der Waals surface area (Å²) in [5.74, 6) is -1.35. The molecule has 0 aliphatic heterocycles. The van der Waals surface area contributed by atoms with Gasteiger partial charge in [0.1, 0.15) is 18.1 Å². The molecule has 0 aromatic heterocycles. The van der Waals surface area contributed by atoms with Gasteiger partial charge < -0.3 is 4.74 Å².